The van der Waals surface area contributed by atoms with E-state index in [4.69, 9.17) is 5.73 Å². The molecule has 0 unspecified atom stereocenters. The van der Waals surface area contributed by atoms with Gasteiger partial charge in [-0.2, -0.15) is 5.10 Å². The molecule has 4 heteroatoms. The van der Waals surface area contributed by atoms with Crippen LogP contribution in [0.2, 0.25) is 0 Å². The van der Waals surface area contributed by atoms with Gasteiger partial charge in [-0.25, -0.2) is 4.98 Å². The number of rotatable bonds is 1. The number of benzene rings is 1. The average Bonchev–Trinajstić information content (AvgIpc) is 2.62. The van der Waals surface area contributed by atoms with Crippen molar-refractivity contribution >= 4 is 5.69 Å². The molecule has 0 saturated heterocycles. The lowest BCUT2D eigenvalue weighted by Gasteiger charge is -2.03. The third-order valence-electron chi connectivity index (χ3n) is 2.03. The first kappa shape index (κ1) is 7.79. The summed E-state index contributed by atoms with van der Waals surface area (Å²) in [6.45, 7) is 1.96. The van der Waals surface area contributed by atoms with Crippen LogP contribution in [0.5, 0.6) is 0 Å². The van der Waals surface area contributed by atoms with E-state index in [1.807, 2.05) is 25.1 Å². The molecule has 0 spiro atoms. The Bertz CT molecular complexity index is 406. The first-order valence-corrected chi connectivity index (χ1v) is 4.00. The molecule has 0 aliphatic heterocycles. The Morgan fingerprint density at radius 2 is 2.23 bits per heavy atom. The normalized spacial score (nSPS) is 10.2. The van der Waals surface area contributed by atoms with Crippen LogP contribution in [-0.4, -0.2) is 15.2 Å². The molecule has 1 aromatic carbocycles. The Kier molecular flexibility index (Phi) is 1.73. The number of nitrogens with zero attached hydrogens (tertiary/aromatic N) is 2. The lowest BCUT2D eigenvalue weighted by atomic mass is 10.1. The van der Waals surface area contributed by atoms with Gasteiger partial charge in [-0.3, -0.25) is 5.10 Å². The minimum absolute atomic E-state index is 0.685. The molecule has 4 nitrogen and oxygen atoms in total. The molecule has 0 amide bonds. The van der Waals surface area contributed by atoms with Crippen LogP contribution in [0.4, 0.5) is 5.69 Å². The highest BCUT2D eigenvalue weighted by Gasteiger charge is 2.06. The first-order chi connectivity index (χ1) is 6.29. The summed E-state index contributed by atoms with van der Waals surface area (Å²) in [6, 6.07) is 5.72. The van der Waals surface area contributed by atoms with Crippen molar-refractivity contribution in [3.05, 3.63) is 30.1 Å². The molecule has 2 rings (SSSR count). The number of aromatic amines is 1. The summed E-state index contributed by atoms with van der Waals surface area (Å²) in [5.41, 5.74) is 8.52. The van der Waals surface area contributed by atoms with Gasteiger partial charge in [0.25, 0.3) is 0 Å². The van der Waals surface area contributed by atoms with Crippen molar-refractivity contribution in [1.29, 1.82) is 0 Å². The lowest BCUT2D eigenvalue weighted by Crippen LogP contribution is -1.92. The zero-order chi connectivity index (χ0) is 9.26. The van der Waals surface area contributed by atoms with Gasteiger partial charge < -0.3 is 5.73 Å². The van der Waals surface area contributed by atoms with Gasteiger partial charge in [-0.05, 0) is 18.6 Å². The molecular formula is C9H10N4. The van der Waals surface area contributed by atoms with Crippen molar-refractivity contribution in [3.63, 3.8) is 0 Å². The second-order valence-electron chi connectivity index (χ2n) is 2.84. The molecular weight excluding hydrogens is 164 g/mol. The van der Waals surface area contributed by atoms with Crippen LogP contribution in [0.1, 0.15) is 5.56 Å². The molecule has 2 aromatic rings. The number of anilines is 1. The van der Waals surface area contributed by atoms with Gasteiger partial charge in [0.05, 0.1) is 0 Å². The molecule has 1 aromatic heterocycles. The van der Waals surface area contributed by atoms with E-state index in [1.54, 1.807) is 6.33 Å². The fourth-order valence-corrected chi connectivity index (χ4v) is 1.23. The van der Waals surface area contributed by atoms with Crippen LogP contribution in [0.25, 0.3) is 11.4 Å². The highest BCUT2D eigenvalue weighted by molar-refractivity contribution is 5.67. The fourth-order valence-electron chi connectivity index (χ4n) is 1.23. The predicted molar refractivity (Wildman–Crippen MR) is 51.0 cm³/mol. The molecule has 0 radical (unpaired) electrons. The first-order valence-electron chi connectivity index (χ1n) is 4.00. The van der Waals surface area contributed by atoms with Crippen molar-refractivity contribution in [2.75, 3.05) is 5.73 Å². The maximum Gasteiger partial charge on any atom is 0.181 e. The van der Waals surface area contributed by atoms with E-state index in [0.29, 0.717) is 5.82 Å². The quantitative estimate of drug-likeness (QED) is 0.641. The average molecular weight is 174 g/mol. The summed E-state index contributed by atoms with van der Waals surface area (Å²) >= 11 is 0. The van der Waals surface area contributed by atoms with Crippen molar-refractivity contribution in [2.24, 2.45) is 0 Å². The highest BCUT2D eigenvalue weighted by atomic mass is 15.2. The van der Waals surface area contributed by atoms with Gasteiger partial charge in [0.15, 0.2) is 5.82 Å². The van der Waals surface area contributed by atoms with Crippen LogP contribution in [0.3, 0.4) is 0 Å². The van der Waals surface area contributed by atoms with Gasteiger partial charge in [0.2, 0.25) is 0 Å². The summed E-state index contributed by atoms with van der Waals surface area (Å²) in [4.78, 5) is 4.07. The minimum Gasteiger partial charge on any atom is -0.398 e. The Morgan fingerprint density at radius 3 is 2.92 bits per heavy atom. The van der Waals surface area contributed by atoms with Gasteiger partial charge >= 0.3 is 0 Å². The van der Waals surface area contributed by atoms with Gasteiger partial charge in [-0.15, -0.1) is 0 Å². The molecule has 0 atom stereocenters. The predicted octanol–water partition coefficient (Wildman–Crippen LogP) is 1.36. The lowest BCUT2D eigenvalue weighted by molar-refractivity contribution is 1.09. The molecule has 0 bridgehead atoms. The van der Waals surface area contributed by atoms with Gasteiger partial charge in [-0.1, -0.05) is 12.1 Å². The largest absolute Gasteiger partial charge is 0.398 e. The molecule has 13 heavy (non-hydrogen) atoms. The van der Waals surface area contributed by atoms with E-state index < -0.39 is 0 Å². The second-order valence-corrected chi connectivity index (χ2v) is 2.84. The second kappa shape index (κ2) is 2.90. The van der Waals surface area contributed by atoms with E-state index in [2.05, 4.69) is 15.2 Å². The van der Waals surface area contributed by atoms with Gasteiger partial charge in [0, 0.05) is 11.3 Å². The Labute approximate surface area is 75.8 Å². The van der Waals surface area contributed by atoms with E-state index >= 15 is 0 Å². The van der Waals surface area contributed by atoms with E-state index in [1.165, 1.54) is 0 Å². The smallest absolute Gasteiger partial charge is 0.181 e. The van der Waals surface area contributed by atoms with Crippen molar-refractivity contribution in [1.82, 2.24) is 15.2 Å². The number of nitrogens with two attached hydrogens (primary N) is 1. The summed E-state index contributed by atoms with van der Waals surface area (Å²) in [5.74, 6) is 0.685. The van der Waals surface area contributed by atoms with Crippen molar-refractivity contribution in [2.45, 2.75) is 6.92 Å². The van der Waals surface area contributed by atoms with Crippen LogP contribution >= 0.6 is 0 Å². The van der Waals surface area contributed by atoms with E-state index in [-0.39, 0.29) is 0 Å². The zero-order valence-electron chi connectivity index (χ0n) is 7.28. The third kappa shape index (κ3) is 1.26. The third-order valence-corrected chi connectivity index (χ3v) is 2.03. The molecule has 3 N–H and O–H groups in total. The van der Waals surface area contributed by atoms with Crippen molar-refractivity contribution < 1.29 is 0 Å². The summed E-state index contributed by atoms with van der Waals surface area (Å²) in [7, 11) is 0. The Hall–Kier alpha value is -1.84. The Morgan fingerprint density at radius 1 is 1.38 bits per heavy atom. The molecule has 0 aliphatic rings. The maximum absolute atomic E-state index is 5.76. The summed E-state index contributed by atoms with van der Waals surface area (Å²) in [5, 5.41) is 6.67. The number of hydrogen-bond donors (Lipinski definition) is 2. The highest BCUT2D eigenvalue weighted by Crippen LogP contribution is 2.23. The molecule has 0 fully saturated rings. The van der Waals surface area contributed by atoms with Gasteiger partial charge in [0.1, 0.15) is 6.33 Å². The van der Waals surface area contributed by atoms with Crippen LogP contribution in [-0.2, 0) is 0 Å². The topological polar surface area (TPSA) is 67.6 Å². The van der Waals surface area contributed by atoms with Crippen LogP contribution in [0.15, 0.2) is 24.5 Å². The van der Waals surface area contributed by atoms with Crippen LogP contribution in [0, 0.1) is 6.92 Å². The fraction of sp³-hybridized carbons (Fsp3) is 0.111. The summed E-state index contributed by atoms with van der Waals surface area (Å²) < 4.78 is 0. The molecule has 0 aliphatic carbocycles. The number of nitrogens with one attached hydrogen (secondary N) is 1. The van der Waals surface area contributed by atoms with Crippen molar-refractivity contribution in [3.8, 4) is 11.4 Å². The number of hydrogen-bond acceptors (Lipinski definition) is 3. The SMILES string of the molecule is Cc1c(N)cccc1-c1nc[nH]n1. The number of H-pyrrole nitrogens is 1. The standard InChI is InChI=1S/C9H10N4/c1-6-7(3-2-4-8(6)10)9-11-5-12-13-9/h2-5H,10H2,1H3,(H,11,12,13). The molecule has 1 heterocycles. The Balaban J connectivity index is 2.59. The van der Waals surface area contributed by atoms with E-state index in [0.717, 1.165) is 16.8 Å². The monoisotopic (exact) mass is 174 g/mol. The molecule has 0 saturated carbocycles. The summed E-state index contributed by atoms with van der Waals surface area (Å²) in [6.07, 6.45) is 1.55. The number of aromatic nitrogens is 3. The van der Waals surface area contributed by atoms with Crippen LogP contribution < -0.4 is 5.73 Å². The molecule has 66 valence electrons. The maximum atomic E-state index is 5.76. The van der Waals surface area contributed by atoms with E-state index in [9.17, 15) is 0 Å². The number of nitrogen functional groups attached to an aromatic ring is 1. The minimum atomic E-state index is 0.685. The zero-order valence-corrected chi connectivity index (χ0v) is 7.28.